The van der Waals surface area contributed by atoms with Crippen LogP contribution in [-0.2, 0) is 6.04 Å². The minimum Gasteiger partial charge on any atom is -0.309 e. The molecule has 0 N–H and O–H groups in total. The predicted molar refractivity (Wildman–Crippen MR) is 99.6 cm³/mol. The van der Waals surface area contributed by atoms with Crippen LogP contribution in [0, 0.1) is 0 Å². The van der Waals surface area contributed by atoms with Crippen LogP contribution in [0.5, 0.6) is 0 Å². The Hall–Kier alpha value is -0.163. The van der Waals surface area contributed by atoms with Crippen molar-refractivity contribution in [1.82, 2.24) is 9.80 Å². The molecule has 0 saturated heterocycles. The van der Waals surface area contributed by atoms with Crippen LogP contribution in [0.4, 0.5) is 0 Å². The lowest BCUT2D eigenvalue weighted by Crippen LogP contribution is -2.22. The summed E-state index contributed by atoms with van der Waals surface area (Å²) in [6, 6.07) is 13.1. The fraction of sp³-hybridized carbons (Fsp3) is 0.647. The summed E-state index contributed by atoms with van der Waals surface area (Å²) < 4.78 is 1.18. The van der Waals surface area contributed by atoms with Crippen LogP contribution < -0.4 is 0 Å². The van der Waals surface area contributed by atoms with Gasteiger partial charge in [-0.2, -0.15) is 0 Å². The summed E-state index contributed by atoms with van der Waals surface area (Å²) in [6.45, 7) is 2.45. The van der Waals surface area contributed by atoms with Gasteiger partial charge in [-0.15, -0.1) is 0 Å². The Morgan fingerprint density at radius 1 is 0.857 bits per heavy atom. The summed E-state index contributed by atoms with van der Waals surface area (Å²) in [5, 5.41) is 0. The summed E-state index contributed by atoms with van der Waals surface area (Å²) in [4.78, 5) is 4.61. The largest absolute Gasteiger partial charge is 0.309 e. The molecule has 21 heavy (non-hydrogen) atoms. The molecule has 0 atom stereocenters. The zero-order valence-corrected chi connectivity index (χ0v) is 16.6. The van der Waals surface area contributed by atoms with E-state index in [4.69, 9.17) is 0 Å². The summed E-state index contributed by atoms with van der Waals surface area (Å²) in [7, 11) is 8.43. The van der Waals surface area contributed by atoms with Crippen molar-refractivity contribution in [2.24, 2.45) is 0 Å². The number of halogens is 1. The van der Waals surface area contributed by atoms with Gasteiger partial charge in [0.05, 0.1) is 8.80 Å². The highest BCUT2D eigenvalue weighted by atomic mass is 79.9. The molecule has 1 aromatic rings. The first kappa shape index (κ1) is 18.9. The molecule has 0 aliphatic rings. The van der Waals surface area contributed by atoms with E-state index in [-0.39, 0.29) is 8.80 Å². The van der Waals surface area contributed by atoms with Crippen LogP contribution in [0.2, 0.25) is 12.1 Å². The van der Waals surface area contributed by atoms with E-state index >= 15 is 0 Å². The molecule has 0 unspecified atom stereocenters. The highest BCUT2D eigenvalue weighted by molar-refractivity contribution is 9.10. The van der Waals surface area contributed by atoms with E-state index < -0.39 is 0 Å². The third kappa shape index (κ3) is 9.45. The second-order valence-electron chi connectivity index (χ2n) is 6.37. The molecule has 0 amide bonds. The first-order valence-electron chi connectivity index (χ1n) is 7.85. The van der Waals surface area contributed by atoms with Crippen LogP contribution in [0.3, 0.4) is 0 Å². The standard InChI is InChI=1S/C17H30BrN2Si/c1-19(2)11-5-13-21(14-6-12-20(3)4)15-16-7-9-17(18)10-8-16/h7-10H,5-6,11-15H2,1-4H3. The average Bonchev–Trinajstić information content (AvgIpc) is 2.40. The van der Waals surface area contributed by atoms with Crippen molar-refractivity contribution in [3.8, 4) is 0 Å². The quantitative estimate of drug-likeness (QED) is 0.576. The summed E-state index contributed by atoms with van der Waals surface area (Å²) in [5.74, 6) is 0. The minimum atomic E-state index is -0.270. The fourth-order valence-electron chi connectivity index (χ4n) is 2.48. The number of benzene rings is 1. The molecule has 1 radical (unpaired) electrons. The molecule has 0 aliphatic carbocycles. The van der Waals surface area contributed by atoms with Crippen molar-refractivity contribution in [2.75, 3.05) is 41.3 Å². The van der Waals surface area contributed by atoms with Crippen LogP contribution in [-0.4, -0.2) is 59.9 Å². The topological polar surface area (TPSA) is 6.48 Å². The second kappa shape index (κ2) is 10.5. The first-order chi connectivity index (χ1) is 9.97. The average molecular weight is 370 g/mol. The SMILES string of the molecule is CN(C)CCC[Si](CCCN(C)C)Cc1ccc(Br)cc1. The van der Waals surface area contributed by atoms with E-state index in [0.717, 1.165) is 0 Å². The molecule has 0 bridgehead atoms. The number of rotatable bonds is 10. The van der Waals surface area contributed by atoms with Gasteiger partial charge in [0.15, 0.2) is 0 Å². The highest BCUT2D eigenvalue weighted by Gasteiger charge is 2.12. The van der Waals surface area contributed by atoms with E-state index in [1.807, 2.05) is 0 Å². The molecular formula is C17H30BrN2Si. The summed E-state index contributed by atoms with van der Waals surface area (Å²) in [6.07, 6.45) is 2.69. The number of nitrogens with zero attached hydrogens (tertiary/aromatic N) is 2. The Morgan fingerprint density at radius 3 is 1.76 bits per heavy atom. The van der Waals surface area contributed by atoms with Gasteiger partial charge in [-0.3, -0.25) is 0 Å². The van der Waals surface area contributed by atoms with E-state index in [1.165, 1.54) is 54.1 Å². The smallest absolute Gasteiger partial charge is 0.0526 e. The normalized spacial score (nSPS) is 11.8. The lowest BCUT2D eigenvalue weighted by atomic mass is 10.2. The Morgan fingerprint density at radius 2 is 1.33 bits per heavy atom. The minimum absolute atomic E-state index is 0.270. The van der Waals surface area contributed by atoms with E-state index in [9.17, 15) is 0 Å². The Labute approximate surface area is 141 Å². The maximum atomic E-state index is 3.52. The Balaban J connectivity index is 2.47. The Bertz CT molecular complexity index is 365. The molecule has 0 heterocycles. The molecular weight excluding hydrogens is 340 g/mol. The third-order valence-corrected chi connectivity index (χ3v) is 7.20. The fourth-order valence-corrected chi connectivity index (χ4v) is 5.48. The molecule has 2 nitrogen and oxygen atoms in total. The molecule has 0 saturated carbocycles. The van der Waals surface area contributed by atoms with Gasteiger partial charge < -0.3 is 9.80 Å². The van der Waals surface area contributed by atoms with Gasteiger partial charge in [0.25, 0.3) is 0 Å². The summed E-state index contributed by atoms with van der Waals surface area (Å²) in [5.41, 5.74) is 1.52. The lowest BCUT2D eigenvalue weighted by molar-refractivity contribution is 0.404. The van der Waals surface area contributed by atoms with Gasteiger partial charge in [-0.25, -0.2) is 0 Å². The van der Waals surface area contributed by atoms with Crippen molar-refractivity contribution in [3.63, 3.8) is 0 Å². The van der Waals surface area contributed by atoms with Crippen LogP contribution in [0.15, 0.2) is 28.7 Å². The Kier molecular flexibility index (Phi) is 9.48. The maximum absolute atomic E-state index is 3.52. The van der Waals surface area contributed by atoms with Gasteiger partial charge in [-0.1, -0.05) is 45.7 Å². The maximum Gasteiger partial charge on any atom is 0.0526 e. The van der Waals surface area contributed by atoms with Crippen LogP contribution in [0.25, 0.3) is 0 Å². The third-order valence-electron chi connectivity index (χ3n) is 3.64. The molecule has 0 fully saturated rings. The van der Waals surface area contributed by atoms with Gasteiger partial charge >= 0.3 is 0 Å². The van der Waals surface area contributed by atoms with Gasteiger partial charge in [0.1, 0.15) is 0 Å². The van der Waals surface area contributed by atoms with Crippen molar-refractivity contribution < 1.29 is 0 Å². The van der Waals surface area contributed by atoms with Gasteiger partial charge in [0.2, 0.25) is 0 Å². The molecule has 0 spiro atoms. The van der Waals surface area contributed by atoms with Crippen LogP contribution in [0.1, 0.15) is 18.4 Å². The number of hydrogen-bond acceptors (Lipinski definition) is 2. The number of hydrogen-bond donors (Lipinski definition) is 0. The lowest BCUT2D eigenvalue weighted by Gasteiger charge is -2.18. The predicted octanol–water partition coefficient (Wildman–Crippen LogP) is 3.93. The molecule has 119 valence electrons. The zero-order valence-electron chi connectivity index (χ0n) is 14.0. The zero-order chi connectivity index (χ0) is 15.7. The highest BCUT2D eigenvalue weighted by Crippen LogP contribution is 2.16. The molecule has 0 aromatic heterocycles. The van der Waals surface area contributed by atoms with E-state index in [1.54, 1.807) is 0 Å². The van der Waals surface area contributed by atoms with Crippen LogP contribution >= 0.6 is 15.9 Å². The van der Waals surface area contributed by atoms with Gasteiger partial charge in [-0.05, 0) is 72.3 Å². The van der Waals surface area contributed by atoms with E-state index in [2.05, 4.69) is 78.2 Å². The molecule has 4 heteroatoms. The van der Waals surface area contributed by atoms with Crippen molar-refractivity contribution in [1.29, 1.82) is 0 Å². The van der Waals surface area contributed by atoms with Gasteiger partial charge in [0, 0.05) is 4.47 Å². The second-order valence-corrected chi connectivity index (χ2v) is 10.1. The molecule has 1 aromatic carbocycles. The molecule has 1 rings (SSSR count). The van der Waals surface area contributed by atoms with Crippen molar-refractivity contribution in [3.05, 3.63) is 34.3 Å². The first-order valence-corrected chi connectivity index (χ1v) is 10.8. The summed E-state index contributed by atoms with van der Waals surface area (Å²) >= 11 is 3.52. The van der Waals surface area contributed by atoms with Crippen molar-refractivity contribution in [2.45, 2.75) is 31.0 Å². The van der Waals surface area contributed by atoms with Crippen molar-refractivity contribution >= 4 is 24.7 Å². The monoisotopic (exact) mass is 369 g/mol. The van der Waals surface area contributed by atoms with E-state index in [0.29, 0.717) is 0 Å². The molecule has 0 aliphatic heterocycles.